The molecule has 0 amide bonds. The minimum atomic E-state index is -4.50. The van der Waals surface area contributed by atoms with Gasteiger partial charge in [-0.2, -0.15) is 17.5 Å². The summed E-state index contributed by atoms with van der Waals surface area (Å²) in [6, 6.07) is 7.37. The van der Waals surface area contributed by atoms with Gasteiger partial charge in [-0.3, -0.25) is 0 Å². The number of halogens is 3. The number of hydrogen-bond donors (Lipinski definition) is 1. The number of aliphatic hydroxyl groups excluding tert-OH is 1. The van der Waals surface area contributed by atoms with Gasteiger partial charge in [0.2, 0.25) is 12.8 Å². The van der Waals surface area contributed by atoms with Crippen molar-refractivity contribution >= 4 is 21.4 Å². The molecule has 2 aromatic carbocycles. The molecule has 5 rings (SSSR count). The van der Waals surface area contributed by atoms with Crippen molar-refractivity contribution in [1.29, 1.82) is 0 Å². The number of alkyl halides is 3. The van der Waals surface area contributed by atoms with Gasteiger partial charge in [0.05, 0.1) is 21.0 Å². The number of ether oxygens (including phenoxy) is 2. The largest absolute Gasteiger partial charge is 0.454 e. The number of likely N-dealkylation sites (tertiary alicyclic amines) is 1. The first-order chi connectivity index (χ1) is 15.3. The van der Waals surface area contributed by atoms with Crippen molar-refractivity contribution in [3.05, 3.63) is 42.0 Å². The minimum absolute atomic E-state index is 0.0160. The molecule has 0 aromatic heterocycles. The Hall–Kier alpha value is -2.79. The van der Waals surface area contributed by atoms with Crippen molar-refractivity contribution < 1.29 is 32.0 Å². The van der Waals surface area contributed by atoms with E-state index in [0.29, 0.717) is 30.3 Å². The maximum atomic E-state index is 14.3. The van der Waals surface area contributed by atoms with Crippen LogP contribution in [0.1, 0.15) is 18.4 Å². The standard InChI is InChI=1S/C21H20F3N3O4S/c22-21(23,24)14-1-3-15(4-2-14)32(29)19-10-18-17(30-12-31-18)9-16(19)25-20(26-32)27-7-5-13(11-28)6-8-27/h1-4,9-10,13,28H,5-8,11-12H2. The molecule has 0 radical (unpaired) electrons. The number of piperidine rings is 1. The average molecular weight is 467 g/mol. The maximum Gasteiger partial charge on any atom is 0.416 e. The van der Waals surface area contributed by atoms with Gasteiger partial charge in [0.25, 0.3) is 0 Å². The molecule has 170 valence electrons. The molecule has 1 unspecified atom stereocenters. The fraction of sp³-hybridized carbons (Fsp3) is 0.381. The summed E-state index contributed by atoms with van der Waals surface area (Å²) in [5.74, 6) is 1.30. The molecule has 7 nitrogen and oxygen atoms in total. The van der Waals surface area contributed by atoms with Crippen molar-refractivity contribution in [3.8, 4) is 11.5 Å². The van der Waals surface area contributed by atoms with Gasteiger partial charge >= 0.3 is 6.18 Å². The third kappa shape index (κ3) is 3.58. The van der Waals surface area contributed by atoms with Gasteiger partial charge in [0, 0.05) is 31.8 Å². The summed E-state index contributed by atoms with van der Waals surface area (Å²) in [4.78, 5) is 6.92. The molecule has 32 heavy (non-hydrogen) atoms. The van der Waals surface area contributed by atoms with E-state index in [1.54, 1.807) is 12.1 Å². The summed E-state index contributed by atoms with van der Waals surface area (Å²) < 4.78 is 68.7. The summed E-state index contributed by atoms with van der Waals surface area (Å²) in [6.07, 6.45) is -3.03. The second kappa shape index (κ2) is 7.66. The molecule has 1 N–H and O–H groups in total. The number of guanidine groups is 1. The van der Waals surface area contributed by atoms with Gasteiger partial charge in [-0.1, -0.05) is 0 Å². The first-order valence-electron chi connectivity index (χ1n) is 10.1. The molecular weight excluding hydrogens is 447 g/mol. The highest BCUT2D eigenvalue weighted by Crippen LogP contribution is 2.45. The highest BCUT2D eigenvalue weighted by Gasteiger charge is 2.34. The summed E-state index contributed by atoms with van der Waals surface area (Å²) in [5, 5.41) is 9.39. The zero-order chi connectivity index (χ0) is 22.5. The first kappa shape index (κ1) is 21.1. The fourth-order valence-corrected chi connectivity index (χ4v) is 5.97. The number of rotatable bonds is 2. The lowest BCUT2D eigenvalue weighted by molar-refractivity contribution is -0.137. The molecule has 3 heterocycles. The third-order valence-electron chi connectivity index (χ3n) is 5.84. The lowest BCUT2D eigenvalue weighted by atomic mass is 9.98. The lowest BCUT2D eigenvalue weighted by Gasteiger charge is -2.33. The molecule has 1 saturated heterocycles. The van der Waals surface area contributed by atoms with Crippen molar-refractivity contribution in [3.63, 3.8) is 0 Å². The van der Waals surface area contributed by atoms with E-state index in [9.17, 15) is 22.5 Å². The molecule has 2 aromatic rings. The van der Waals surface area contributed by atoms with Crippen LogP contribution in [0.4, 0.5) is 18.9 Å². The van der Waals surface area contributed by atoms with Gasteiger partial charge < -0.3 is 19.5 Å². The zero-order valence-electron chi connectivity index (χ0n) is 16.8. The molecule has 1 fully saturated rings. The summed E-state index contributed by atoms with van der Waals surface area (Å²) >= 11 is 0. The second-order valence-electron chi connectivity index (χ2n) is 7.84. The van der Waals surface area contributed by atoms with Crippen LogP contribution in [-0.4, -0.2) is 46.7 Å². The zero-order valence-corrected chi connectivity index (χ0v) is 17.7. The third-order valence-corrected chi connectivity index (χ3v) is 8.09. The van der Waals surface area contributed by atoms with Crippen LogP contribution in [0.3, 0.4) is 0 Å². The molecule has 11 heteroatoms. The number of aliphatic imine (C=N–C) groups is 1. The van der Waals surface area contributed by atoms with Crippen molar-refractivity contribution in [2.24, 2.45) is 15.3 Å². The van der Waals surface area contributed by atoms with Crippen LogP contribution in [0.2, 0.25) is 0 Å². The summed E-state index contributed by atoms with van der Waals surface area (Å²) in [6.45, 7) is 1.28. The van der Waals surface area contributed by atoms with Crippen LogP contribution in [-0.2, 0) is 15.9 Å². The predicted octanol–water partition coefficient (Wildman–Crippen LogP) is 4.03. The molecule has 0 aliphatic carbocycles. The van der Waals surface area contributed by atoms with E-state index in [4.69, 9.17) is 9.47 Å². The van der Waals surface area contributed by atoms with E-state index in [1.807, 2.05) is 4.90 Å². The van der Waals surface area contributed by atoms with Crippen molar-refractivity contribution in [1.82, 2.24) is 4.90 Å². The molecular formula is C21H20F3N3O4S. The number of fused-ring (bicyclic) bond motifs is 2. The number of hydrogen-bond acceptors (Lipinski definition) is 7. The Balaban J connectivity index is 1.62. The SMILES string of the molecule is O=S1(c2ccc(C(F)(F)F)cc2)=NC(N2CCC(CO)CC2)=Nc2cc3c(cc21)OCO3. The highest BCUT2D eigenvalue weighted by molar-refractivity contribution is 7.94. The van der Waals surface area contributed by atoms with E-state index in [2.05, 4.69) is 9.36 Å². The van der Waals surface area contributed by atoms with Crippen LogP contribution in [0.5, 0.6) is 11.5 Å². The smallest absolute Gasteiger partial charge is 0.416 e. The summed E-state index contributed by atoms with van der Waals surface area (Å²) in [5.41, 5.74) is -0.445. The monoisotopic (exact) mass is 467 g/mol. The van der Waals surface area contributed by atoms with Gasteiger partial charge in [0.15, 0.2) is 11.5 Å². The van der Waals surface area contributed by atoms with Gasteiger partial charge in [0.1, 0.15) is 9.73 Å². The van der Waals surface area contributed by atoms with Gasteiger partial charge in [-0.15, -0.1) is 0 Å². The van der Waals surface area contributed by atoms with E-state index < -0.39 is 21.5 Å². The highest BCUT2D eigenvalue weighted by atomic mass is 32.2. The molecule has 0 saturated carbocycles. The van der Waals surface area contributed by atoms with E-state index in [1.165, 1.54) is 12.1 Å². The Morgan fingerprint density at radius 1 is 1.09 bits per heavy atom. The van der Waals surface area contributed by atoms with Crippen molar-refractivity contribution in [2.75, 3.05) is 26.5 Å². The molecule has 1 atom stereocenters. The van der Waals surface area contributed by atoms with Crippen LogP contribution in [0.25, 0.3) is 0 Å². The van der Waals surface area contributed by atoms with E-state index in [0.717, 1.165) is 25.0 Å². The normalized spacial score (nSPS) is 22.9. The van der Waals surface area contributed by atoms with Gasteiger partial charge in [-0.05, 0) is 43.0 Å². The topological polar surface area (TPSA) is 83.7 Å². The molecule has 0 bridgehead atoms. The summed E-state index contributed by atoms with van der Waals surface area (Å²) in [7, 11) is -3.33. The number of benzene rings is 2. The van der Waals surface area contributed by atoms with Crippen molar-refractivity contribution in [2.45, 2.75) is 28.8 Å². The number of nitrogens with zero attached hydrogens (tertiary/aromatic N) is 3. The number of aliphatic hydroxyl groups is 1. The maximum absolute atomic E-state index is 14.3. The lowest BCUT2D eigenvalue weighted by Crippen LogP contribution is -2.39. The Morgan fingerprint density at radius 2 is 1.75 bits per heavy atom. The fourth-order valence-electron chi connectivity index (χ4n) is 3.97. The Bertz CT molecular complexity index is 1200. The molecule has 3 aliphatic rings. The second-order valence-corrected chi connectivity index (χ2v) is 9.98. The minimum Gasteiger partial charge on any atom is -0.454 e. The Labute approximate surface area is 182 Å². The van der Waals surface area contributed by atoms with E-state index in [-0.39, 0.29) is 35.1 Å². The van der Waals surface area contributed by atoms with Gasteiger partial charge in [-0.25, -0.2) is 9.20 Å². The molecule has 3 aliphatic heterocycles. The predicted molar refractivity (Wildman–Crippen MR) is 110 cm³/mol. The van der Waals surface area contributed by atoms with Crippen LogP contribution in [0.15, 0.2) is 55.5 Å². The van der Waals surface area contributed by atoms with Crippen LogP contribution < -0.4 is 9.47 Å². The Morgan fingerprint density at radius 3 is 2.38 bits per heavy atom. The molecule has 0 spiro atoms. The van der Waals surface area contributed by atoms with E-state index >= 15 is 0 Å². The quantitative estimate of drug-likeness (QED) is 0.721. The first-order valence-corrected chi connectivity index (χ1v) is 11.6. The Kier molecular flexibility index (Phi) is 5.05. The van der Waals surface area contributed by atoms with Crippen LogP contribution in [0, 0.1) is 5.92 Å². The van der Waals surface area contributed by atoms with Crippen LogP contribution >= 0.6 is 0 Å². The average Bonchev–Trinajstić information content (AvgIpc) is 3.25.